The van der Waals surface area contributed by atoms with Crippen molar-refractivity contribution in [3.05, 3.63) is 36.4 Å². The zero-order valence-corrected chi connectivity index (χ0v) is 7.21. The fourth-order valence-electron chi connectivity index (χ4n) is 0.970. The van der Waals surface area contributed by atoms with Crippen molar-refractivity contribution in [2.45, 2.75) is 6.92 Å². The molecule has 0 amide bonds. The van der Waals surface area contributed by atoms with Crippen LogP contribution in [0.1, 0.15) is 12.5 Å². The minimum atomic E-state index is 0.633. The average molecular weight is 163 g/mol. The smallest absolute Gasteiger partial charge is 0.119 e. The van der Waals surface area contributed by atoms with Crippen LogP contribution in [0, 0.1) is 0 Å². The van der Waals surface area contributed by atoms with Crippen LogP contribution in [0.3, 0.4) is 0 Å². The van der Waals surface area contributed by atoms with E-state index in [0.29, 0.717) is 12.4 Å². The van der Waals surface area contributed by atoms with Crippen molar-refractivity contribution in [2.75, 3.05) is 12.3 Å². The molecule has 0 fully saturated rings. The second kappa shape index (κ2) is 3.81. The van der Waals surface area contributed by atoms with Gasteiger partial charge in [-0.25, -0.2) is 0 Å². The van der Waals surface area contributed by atoms with Crippen molar-refractivity contribution in [3.8, 4) is 0 Å². The van der Waals surface area contributed by atoms with Crippen molar-refractivity contribution in [1.29, 1.82) is 0 Å². The Bertz CT molecular complexity index is 281. The van der Waals surface area contributed by atoms with Crippen LogP contribution in [-0.2, 0) is 4.74 Å². The Kier molecular flexibility index (Phi) is 2.75. The van der Waals surface area contributed by atoms with Crippen molar-refractivity contribution < 1.29 is 4.74 Å². The largest absolute Gasteiger partial charge is 0.494 e. The minimum Gasteiger partial charge on any atom is -0.494 e. The zero-order chi connectivity index (χ0) is 8.97. The number of hydrogen-bond donors (Lipinski definition) is 1. The normalized spacial score (nSPS) is 9.42. The van der Waals surface area contributed by atoms with E-state index >= 15 is 0 Å². The van der Waals surface area contributed by atoms with Gasteiger partial charge in [0.05, 0.1) is 6.61 Å². The van der Waals surface area contributed by atoms with Gasteiger partial charge in [0.25, 0.3) is 0 Å². The van der Waals surface area contributed by atoms with E-state index in [-0.39, 0.29) is 0 Å². The molecule has 0 saturated heterocycles. The highest BCUT2D eigenvalue weighted by Gasteiger charge is 1.97. The monoisotopic (exact) mass is 163 g/mol. The van der Waals surface area contributed by atoms with Crippen LogP contribution in [-0.4, -0.2) is 6.61 Å². The predicted molar refractivity (Wildman–Crippen MR) is 51.5 cm³/mol. The third kappa shape index (κ3) is 2.02. The maximum atomic E-state index is 5.60. The van der Waals surface area contributed by atoms with E-state index < -0.39 is 0 Å². The Morgan fingerprint density at radius 2 is 2.33 bits per heavy atom. The first-order chi connectivity index (χ1) is 5.74. The number of rotatable bonds is 3. The molecule has 0 heterocycles. The molecule has 0 radical (unpaired) electrons. The number of hydrogen-bond acceptors (Lipinski definition) is 2. The maximum absolute atomic E-state index is 5.60. The van der Waals surface area contributed by atoms with E-state index in [0.717, 1.165) is 11.3 Å². The summed E-state index contributed by atoms with van der Waals surface area (Å²) in [6.07, 6.45) is 0. The average Bonchev–Trinajstić information content (AvgIpc) is 2.05. The van der Waals surface area contributed by atoms with E-state index in [9.17, 15) is 0 Å². The topological polar surface area (TPSA) is 35.2 Å². The number of anilines is 1. The third-order valence-corrected chi connectivity index (χ3v) is 1.53. The molecule has 2 nitrogen and oxygen atoms in total. The summed E-state index contributed by atoms with van der Waals surface area (Å²) in [5.41, 5.74) is 7.27. The molecule has 0 aliphatic carbocycles. The van der Waals surface area contributed by atoms with E-state index in [4.69, 9.17) is 10.5 Å². The molecule has 1 aromatic rings. The lowest BCUT2D eigenvalue weighted by molar-refractivity contribution is 0.299. The van der Waals surface area contributed by atoms with E-state index in [1.807, 2.05) is 31.2 Å². The van der Waals surface area contributed by atoms with Crippen molar-refractivity contribution >= 4 is 11.4 Å². The van der Waals surface area contributed by atoms with Gasteiger partial charge in [0, 0.05) is 11.3 Å². The first-order valence-corrected chi connectivity index (χ1v) is 3.91. The molecular weight excluding hydrogens is 150 g/mol. The summed E-state index contributed by atoms with van der Waals surface area (Å²) in [6, 6.07) is 7.49. The third-order valence-electron chi connectivity index (χ3n) is 1.53. The van der Waals surface area contributed by atoms with Crippen LogP contribution in [0.25, 0.3) is 5.76 Å². The summed E-state index contributed by atoms with van der Waals surface area (Å²) in [5.74, 6) is 0.671. The van der Waals surface area contributed by atoms with Gasteiger partial charge < -0.3 is 10.5 Å². The fourth-order valence-corrected chi connectivity index (χ4v) is 0.970. The van der Waals surface area contributed by atoms with Gasteiger partial charge in [-0.2, -0.15) is 0 Å². The summed E-state index contributed by atoms with van der Waals surface area (Å²) in [6.45, 7) is 6.34. The molecule has 0 bridgehead atoms. The lowest BCUT2D eigenvalue weighted by Gasteiger charge is -2.06. The van der Waals surface area contributed by atoms with Crippen molar-refractivity contribution in [3.63, 3.8) is 0 Å². The van der Waals surface area contributed by atoms with Crippen LogP contribution < -0.4 is 5.73 Å². The van der Waals surface area contributed by atoms with Gasteiger partial charge in [-0.3, -0.25) is 0 Å². The second-order valence-corrected chi connectivity index (χ2v) is 2.48. The number of nitrogens with two attached hydrogens (primary N) is 1. The van der Waals surface area contributed by atoms with Gasteiger partial charge in [0.1, 0.15) is 5.76 Å². The van der Waals surface area contributed by atoms with Gasteiger partial charge in [-0.15, -0.1) is 0 Å². The molecule has 64 valence electrons. The molecule has 1 rings (SSSR count). The molecule has 0 aliphatic rings. The van der Waals surface area contributed by atoms with Crippen molar-refractivity contribution in [2.24, 2.45) is 0 Å². The molecule has 2 heteroatoms. The highest BCUT2D eigenvalue weighted by atomic mass is 16.5. The Labute approximate surface area is 72.7 Å². The van der Waals surface area contributed by atoms with Crippen LogP contribution in [0.2, 0.25) is 0 Å². The number of benzene rings is 1. The van der Waals surface area contributed by atoms with Crippen LogP contribution in [0.5, 0.6) is 0 Å². The van der Waals surface area contributed by atoms with E-state index in [1.54, 1.807) is 0 Å². The molecular formula is C10H13NO. The van der Waals surface area contributed by atoms with Gasteiger partial charge in [0.2, 0.25) is 0 Å². The summed E-state index contributed by atoms with van der Waals surface area (Å²) in [7, 11) is 0. The van der Waals surface area contributed by atoms with Gasteiger partial charge >= 0.3 is 0 Å². The minimum absolute atomic E-state index is 0.633. The number of nitrogen functional groups attached to an aromatic ring is 1. The summed E-state index contributed by atoms with van der Waals surface area (Å²) in [5, 5.41) is 0. The quantitative estimate of drug-likeness (QED) is 0.548. The first-order valence-electron chi connectivity index (χ1n) is 3.91. The van der Waals surface area contributed by atoms with Gasteiger partial charge in [0.15, 0.2) is 0 Å². The molecule has 2 N–H and O–H groups in total. The van der Waals surface area contributed by atoms with E-state index in [1.165, 1.54) is 0 Å². The summed E-state index contributed by atoms with van der Waals surface area (Å²) >= 11 is 0. The number of ether oxygens (including phenoxy) is 1. The standard InChI is InChI=1S/C10H13NO/c1-3-12-8(2)9-5-4-6-10(11)7-9/h4-7H,2-3,11H2,1H3. The molecule has 0 aromatic heterocycles. The zero-order valence-electron chi connectivity index (χ0n) is 7.21. The second-order valence-electron chi connectivity index (χ2n) is 2.48. The Balaban J connectivity index is 2.81. The van der Waals surface area contributed by atoms with Crippen LogP contribution in [0.15, 0.2) is 30.8 Å². The fraction of sp³-hybridized carbons (Fsp3) is 0.200. The Morgan fingerprint density at radius 3 is 2.92 bits per heavy atom. The van der Waals surface area contributed by atoms with Gasteiger partial charge in [-0.05, 0) is 19.1 Å². The molecule has 0 unspecified atom stereocenters. The van der Waals surface area contributed by atoms with Crippen LogP contribution in [0.4, 0.5) is 5.69 Å². The molecule has 12 heavy (non-hydrogen) atoms. The predicted octanol–water partition coefficient (Wildman–Crippen LogP) is 2.28. The molecule has 0 aliphatic heterocycles. The molecule has 0 spiro atoms. The molecule has 1 aromatic carbocycles. The van der Waals surface area contributed by atoms with Crippen LogP contribution >= 0.6 is 0 Å². The lowest BCUT2D eigenvalue weighted by Crippen LogP contribution is -1.91. The van der Waals surface area contributed by atoms with E-state index in [2.05, 4.69) is 6.58 Å². The first kappa shape index (κ1) is 8.65. The van der Waals surface area contributed by atoms with Crippen molar-refractivity contribution in [1.82, 2.24) is 0 Å². The highest BCUT2D eigenvalue weighted by molar-refractivity contribution is 5.61. The Morgan fingerprint density at radius 1 is 1.58 bits per heavy atom. The SMILES string of the molecule is C=C(OCC)c1cccc(N)c1. The molecule has 0 atom stereocenters. The summed E-state index contributed by atoms with van der Waals surface area (Å²) in [4.78, 5) is 0. The molecule has 0 saturated carbocycles. The maximum Gasteiger partial charge on any atom is 0.119 e. The highest BCUT2D eigenvalue weighted by Crippen LogP contribution is 2.15. The Hall–Kier alpha value is -1.44. The summed E-state index contributed by atoms with van der Waals surface area (Å²) < 4.78 is 5.23. The lowest BCUT2D eigenvalue weighted by atomic mass is 10.2. The van der Waals surface area contributed by atoms with Gasteiger partial charge in [-0.1, -0.05) is 18.7 Å².